The summed E-state index contributed by atoms with van der Waals surface area (Å²) in [6.07, 6.45) is 0. The molecule has 0 aliphatic carbocycles. The number of hydrogen-bond donors (Lipinski definition) is 1. The van der Waals surface area contributed by atoms with Crippen molar-refractivity contribution >= 4 is 0 Å². The Morgan fingerprint density at radius 3 is 2.14 bits per heavy atom. The van der Waals surface area contributed by atoms with Crippen molar-refractivity contribution in [3.8, 4) is 0 Å². The van der Waals surface area contributed by atoms with E-state index in [1.165, 1.54) is 22.3 Å². The normalized spacial score (nSPS) is 13.2. The lowest BCUT2D eigenvalue weighted by Gasteiger charge is -2.32. The first-order valence-corrected chi connectivity index (χ1v) is 7.72. The van der Waals surface area contributed by atoms with Gasteiger partial charge < -0.3 is 5.32 Å². The van der Waals surface area contributed by atoms with E-state index >= 15 is 0 Å². The van der Waals surface area contributed by atoms with Crippen LogP contribution in [-0.4, -0.2) is 0 Å². The van der Waals surface area contributed by atoms with Gasteiger partial charge >= 0.3 is 0 Å². The van der Waals surface area contributed by atoms with Crippen LogP contribution in [0.2, 0.25) is 0 Å². The number of hydrogen-bond acceptors (Lipinski definition) is 1. The minimum Gasteiger partial charge on any atom is -0.305 e. The molecule has 1 nitrogen and oxygen atoms in total. The summed E-state index contributed by atoms with van der Waals surface area (Å²) in [6.45, 7) is 12.1. The molecule has 0 aliphatic rings. The number of nitrogens with one attached hydrogen (secondary N) is 1. The summed E-state index contributed by atoms with van der Waals surface area (Å²) in [5.74, 6) is 0. The molecule has 1 atom stereocenters. The summed E-state index contributed by atoms with van der Waals surface area (Å²) >= 11 is 0. The second-order valence-electron chi connectivity index (χ2n) is 7.01. The van der Waals surface area contributed by atoms with Crippen molar-refractivity contribution in [3.05, 3.63) is 70.8 Å². The van der Waals surface area contributed by atoms with E-state index in [9.17, 15) is 0 Å². The van der Waals surface area contributed by atoms with Gasteiger partial charge in [0.15, 0.2) is 0 Å². The predicted octanol–water partition coefficient (Wildman–Crippen LogP) is 5.18. The highest BCUT2D eigenvalue weighted by Gasteiger charge is 2.25. The lowest BCUT2D eigenvalue weighted by atomic mass is 9.82. The molecule has 0 aliphatic heterocycles. The Balaban J connectivity index is 2.15. The average molecular weight is 281 g/mol. The molecule has 2 rings (SSSR count). The van der Waals surface area contributed by atoms with Gasteiger partial charge in [-0.3, -0.25) is 0 Å². The summed E-state index contributed by atoms with van der Waals surface area (Å²) in [4.78, 5) is 0. The maximum atomic E-state index is 3.74. The molecule has 0 heterocycles. The quantitative estimate of drug-likeness (QED) is 0.814. The molecule has 0 saturated carbocycles. The Bertz CT molecular complexity index is 579. The molecule has 0 fully saturated rings. The third kappa shape index (κ3) is 4.18. The first kappa shape index (κ1) is 15.8. The zero-order valence-corrected chi connectivity index (χ0v) is 13.9. The molecule has 0 bridgehead atoms. The highest BCUT2D eigenvalue weighted by molar-refractivity contribution is 5.30. The van der Waals surface area contributed by atoms with E-state index in [4.69, 9.17) is 0 Å². The van der Waals surface area contributed by atoms with Crippen LogP contribution < -0.4 is 5.32 Å². The molecular formula is C20H27N. The van der Waals surface area contributed by atoms with E-state index < -0.39 is 0 Å². The Labute approximate surface area is 129 Å². The van der Waals surface area contributed by atoms with Gasteiger partial charge in [0.25, 0.3) is 0 Å². The molecule has 0 amide bonds. The van der Waals surface area contributed by atoms with Crippen LogP contribution in [0, 0.1) is 19.3 Å². The number of rotatable bonds is 4. The molecule has 0 saturated heterocycles. The van der Waals surface area contributed by atoms with Crippen LogP contribution in [0.15, 0.2) is 48.5 Å². The van der Waals surface area contributed by atoms with E-state index in [2.05, 4.69) is 88.5 Å². The molecular weight excluding hydrogens is 254 g/mol. The molecule has 0 spiro atoms. The minimum atomic E-state index is 0.182. The second-order valence-corrected chi connectivity index (χ2v) is 7.01. The molecule has 2 aromatic carbocycles. The smallest absolute Gasteiger partial charge is 0.0372 e. The lowest BCUT2D eigenvalue weighted by Crippen LogP contribution is -2.32. The van der Waals surface area contributed by atoms with Gasteiger partial charge in [-0.1, -0.05) is 69.3 Å². The third-order valence-electron chi connectivity index (χ3n) is 4.08. The van der Waals surface area contributed by atoms with E-state index in [-0.39, 0.29) is 5.41 Å². The fourth-order valence-electron chi connectivity index (χ4n) is 2.70. The lowest BCUT2D eigenvalue weighted by molar-refractivity contribution is 0.271. The maximum Gasteiger partial charge on any atom is 0.0372 e. The minimum absolute atomic E-state index is 0.182. The molecule has 0 aromatic heterocycles. The van der Waals surface area contributed by atoms with Crippen LogP contribution in [0.3, 0.4) is 0 Å². The van der Waals surface area contributed by atoms with E-state index in [0.717, 1.165) is 6.54 Å². The summed E-state index contributed by atoms with van der Waals surface area (Å²) in [7, 11) is 0. The van der Waals surface area contributed by atoms with Gasteiger partial charge in [0.1, 0.15) is 0 Å². The van der Waals surface area contributed by atoms with Crippen molar-refractivity contribution in [2.45, 2.75) is 47.2 Å². The van der Waals surface area contributed by atoms with Gasteiger partial charge in [0, 0.05) is 12.6 Å². The van der Waals surface area contributed by atoms with Gasteiger partial charge in [-0.05, 0) is 41.5 Å². The Morgan fingerprint density at radius 2 is 1.57 bits per heavy atom. The largest absolute Gasteiger partial charge is 0.305 e. The Hall–Kier alpha value is -1.60. The summed E-state index contributed by atoms with van der Waals surface area (Å²) in [5.41, 5.74) is 5.61. The first-order valence-electron chi connectivity index (χ1n) is 7.72. The maximum absolute atomic E-state index is 3.74. The number of benzene rings is 2. The zero-order valence-electron chi connectivity index (χ0n) is 13.9. The topological polar surface area (TPSA) is 12.0 Å². The van der Waals surface area contributed by atoms with Gasteiger partial charge in [-0.2, -0.15) is 0 Å². The van der Waals surface area contributed by atoms with Crippen molar-refractivity contribution in [3.63, 3.8) is 0 Å². The highest BCUT2D eigenvalue weighted by Crippen LogP contribution is 2.32. The SMILES string of the molecule is Cc1ccc(CNC(c2ccccc2)C(C)(C)C)cc1C. The predicted molar refractivity (Wildman–Crippen MR) is 91.4 cm³/mol. The van der Waals surface area contributed by atoms with E-state index in [1.54, 1.807) is 0 Å². The highest BCUT2D eigenvalue weighted by atomic mass is 14.9. The monoisotopic (exact) mass is 281 g/mol. The van der Waals surface area contributed by atoms with Crippen molar-refractivity contribution < 1.29 is 0 Å². The molecule has 112 valence electrons. The number of aryl methyl sites for hydroxylation is 2. The summed E-state index contributed by atoms with van der Waals surface area (Å²) in [6, 6.07) is 17.8. The second kappa shape index (κ2) is 6.44. The van der Waals surface area contributed by atoms with Crippen molar-refractivity contribution in [2.24, 2.45) is 5.41 Å². The van der Waals surface area contributed by atoms with Crippen LogP contribution in [-0.2, 0) is 6.54 Å². The van der Waals surface area contributed by atoms with Gasteiger partial charge in [-0.25, -0.2) is 0 Å². The van der Waals surface area contributed by atoms with Gasteiger partial charge in [0.05, 0.1) is 0 Å². The van der Waals surface area contributed by atoms with Crippen molar-refractivity contribution in [2.75, 3.05) is 0 Å². The molecule has 2 aromatic rings. The van der Waals surface area contributed by atoms with Gasteiger partial charge in [0.2, 0.25) is 0 Å². The fraction of sp³-hybridized carbons (Fsp3) is 0.400. The van der Waals surface area contributed by atoms with Crippen LogP contribution in [0.25, 0.3) is 0 Å². The zero-order chi connectivity index (χ0) is 15.5. The molecule has 0 radical (unpaired) electrons. The van der Waals surface area contributed by atoms with Gasteiger partial charge in [-0.15, -0.1) is 0 Å². The average Bonchev–Trinajstić information content (AvgIpc) is 2.43. The summed E-state index contributed by atoms with van der Waals surface area (Å²) < 4.78 is 0. The van der Waals surface area contributed by atoms with E-state index in [1.807, 2.05) is 0 Å². The van der Waals surface area contributed by atoms with Crippen LogP contribution in [0.4, 0.5) is 0 Å². The molecule has 1 heteroatoms. The Kier molecular flexibility index (Phi) is 4.84. The van der Waals surface area contributed by atoms with Crippen LogP contribution in [0.1, 0.15) is 49.1 Å². The molecule has 1 N–H and O–H groups in total. The molecule has 1 unspecified atom stereocenters. The van der Waals surface area contributed by atoms with Crippen LogP contribution in [0.5, 0.6) is 0 Å². The van der Waals surface area contributed by atoms with Crippen LogP contribution >= 0.6 is 0 Å². The van der Waals surface area contributed by atoms with Crippen molar-refractivity contribution in [1.29, 1.82) is 0 Å². The molecule has 21 heavy (non-hydrogen) atoms. The first-order chi connectivity index (χ1) is 9.88. The van der Waals surface area contributed by atoms with Crippen molar-refractivity contribution in [1.82, 2.24) is 5.32 Å². The summed E-state index contributed by atoms with van der Waals surface area (Å²) in [5, 5.41) is 3.74. The standard InChI is InChI=1S/C20H27N/c1-15-11-12-17(13-16(15)2)14-21-19(20(3,4)5)18-9-7-6-8-10-18/h6-13,19,21H,14H2,1-5H3. The van der Waals surface area contributed by atoms with E-state index in [0.29, 0.717) is 6.04 Å². The third-order valence-corrected chi connectivity index (χ3v) is 4.08. The fourth-order valence-corrected chi connectivity index (χ4v) is 2.70. The Morgan fingerprint density at radius 1 is 0.905 bits per heavy atom.